The van der Waals surface area contributed by atoms with Crippen LogP contribution < -0.4 is 0 Å². The standard InChI is InChI=1S/C35H32N2O3S/c1-25-11-8-9-17-29(25)34-30-19-22-41-31(30)18-20-37(34)32(38)24-36(23-28-16-10-21-40-28)35(39)33(26-12-4-2-5-13-26)27-14-6-3-7-15-27/h2-17,19,21-22,33-34H,18,20,23-24H2,1H3. The van der Waals surface area contributed by atoms with Crippen molar-refractivity contribution in [3.8, 4) is 0 Å². The first kappa shape index (κ1) is 26.8. The molecule has 0 saturated heterocycles. The number of hydrogen-bond acceptors (Lipinski definition) is 4. The van der Waals surface area contributed by atoms with Crippen LogP contribution in [0.4, 0.5) is 0 Å². The van der Waals surface area contributed by atoms with Gasteiger partial charge in [-0.15, -0.1) is 11.3 Å². The number of aryl methyl sites for hydroxylation is 1. The van der Waals surface area contributed by atoms with E-state index in [2.05, 4.69) is 30.5 Å². The second-order valence-corrected chi connectivity index (χ2v) is 11.4. The molecule has 2 amide bonds. The van der Waals surface area contributed by atoms with E-state index in [9.17, 15) is 9.59 Å². The minimum absolute atomic E-state index is 0.0441. The Kier molecular flexibility index (Phi) is 7.83. The normalized spacial score (nSPS) is 14.6. The number of furan rings is 1. The molecule has 2 aromatic heterocycles. The van der Waals surface area contributed by atoms with Crippen LogP contribution in [-0.4, -0.2) is 34.7 Å². The molecular weight excluding hydrogens is 528 g/mol. The molecule has 0 N–H and O–H groups in total. The lowest BCUT2D eigenvalue weighted by Crippen LogP contribution is -2.47. The number of amides is 2. The molecule has 0 radical (unpaired) electrons. The Hall–Kier alpha value is -4.42. The van der Waals surface area contributed by atoms with Gasteiger partial charge in [-0.3, -0.25) is 9.59 Å². The van der Waals surface area contributed by atoms with Crippen molar-refractivity contribution in [3.63, 3.8) is 0 Å². The van der Waals surface area contributed by atoms with E-state index in [1.165, 1.54) is 10.4 Å². The zero-order valence-electron chi connectivity index (χ0n) is 23.0. The van der Waals surface area contributed by atoms with Gasteiger partial charge in [0.25, 0.3) is 0 Å². The van der Waals surface area contributed by atoms with Gasteiger partial charge in [-0.2, -0.15) is 0 Å². The Balaban J connectivity index is 1.36. The highest BCUT2D eigenvalue weighted by Gasteiger charge is 2.36. The highest BCUT2D eigenvalue weighted by Crippen LogP contribution is 2.39. The number of carbonyl (C=O) groups is 2. The molecule has 1 aliphatic rings. The van der Waals surface area contributed by atoms with Gasteiger partial charge in [0.15, 0.2) is 0 Å². The number of carbonyl (C=O) groups excluding carboxylic acids is 2. The van der Waals surface area contributed by atoms with Crippen LogP contribution in [0.3, 0.4) is 0 Å². The van der Waals surface area contributed by atoms with Gasteiger partial charge in [-0.05, 0) is 64.7 Å². The summed E-state index contributed by atoms with van der Waals surface area (Å²) in [6, 6.07) is 33.4. The Morgan fingerprint density at radius 1 is 0.878 bits per heavy atom. The summed E-state index contributed by atoms with van der Waals surface area (Å²) < 4.78 is 5.66. The summed E-state index contributed by atoms with van der Waals surface area (Å²) in [5, 5.41) is 2.11. The fraction of sp³-hybridized carbons (Fsp3) is 0.200. The van der Waals surface area contributed by atoms with Crippen molar-refractivity contribution in [2.24, 2.45) is 0 Å². The van der Waals surface area contributed by atoms with E-state index in [1.807, 2.05) is 89.8 Å². The zero-order valence-corrected chi connectivity index (χ0v) is 23.8. The van der Waals surface area contributed by atoms with Crippen LogP contribution in [0.5, 0.6) is 0 Å². The van der Waals surface area contributed by atoms with Crippen LogP contribution in [0, 0.1) is 6.92 Å². The number of benzene rings is 3. The molecule has 3 heterocycles. The molecule has 41 heavy (non-hydrogen) atoms. The molecule has 0 saturated carbocycles. The first-order chi connectivity index (χ1) is 20.1. The molecule has 1 aliphatic heterocycles. The van der Waals surface area contributed by atoms with Crippen LogP contribution in [0.25, 0.3) is 0 Å². The van der Waals surface area contributed by atoms with Crippen LogP contribution in [0.1, 0.15) is 50.4 Å². The minimum Gasteiger partial charge on any atom is -0.467 e. The fourth-order valence-corrected chi connectivity index (χ4v) is 6.73. The highest BCUT2D eigenvalue weighted by atomic mass is 32.1. The lowest BCUT2D eigenvalue weighted by Gasteiger charge is -2.38. The van der Waals surface area contributed by atoms with Crippen molar-refractivity contribution in [3.05, 3.63) is 153 Å². The maximum Gasteiger partial charge on any atom is 0.243 e. The molecule has 0 aliphatic carbocycles. The molecule has 0 fully saturated rings. The molecule has 5 aromatic rings. The van der Waals surface area contributed by atoms with Crippen molar-refractivity contribution >= 4 is 23.2 Å². The number of fused-ring (bicyclic) bond motifs is 1. The summed E-state index contributed by atoms with van der Waals surface area (Å²) in [5.74, 6) is -0.111. The summed E-state index contributed by atoms with van der Waals surface area (Å²) in [5.41, 5.74) is 5.22. The van der Waals surface area contributed by atoms with Crippen molar-refractivity contribution in [1.82, 2.24) is 9.80 Å². The van der Waals surface area contributed by atoms with E-state index in [1.54, 1.807) is 22.5 Å². The summed E-state index contributed by atoms with van der Waals surface area (Å²) in [6.45, 7) is 2.86. The smallest absolute Gasteiger partial charge is 0.243 e. The largest absolute Gasteiger partial charge is 0.467 e. The molecule has 0 spiro atoms. The minimum atomic E-state index is -0.544. The number of nitrogens with zero attached hydrogens (tertiary/aromatic N) is 2. The van der Waals surface area contributed by atoms with Crippen LogP contribution in [0.15, 0.2) is 119 Å². The first-order valence-electron chi connectivity index (χ1n) is 13.9. The van der Waals surface area contributed by atoms with Gasteiger partial charge in [0, 0.05) is 11.4 Å². The van der Waals surface area contributed by atoms with Crippen LogP contribution in [0.2, 0.25) is 0 Å². The van der Waals surface area contributed by atoms with Crippen LogP contribution in [-0.2, 0) is 22.6 Å². The topological polar surface area (TPSA) is 53.8 Å². The molecular formula is C35H32N2O3S. The van der Waals surface area contributed by atoms with E-state index >= 15 is 0 Å². The molecule has 5 nitrogen and oxygen atoms in total. The number of thiophene rings is 1. The monoisotopic (exact) mass is 560 g/mol. The van der Waals surface area contributed by atoms with Gasteiger partial charge < -0.3 is 14.2 Å². The van der Waals surface area contributed by atoms with E-state index in [4.69, 9.17) is 4.42 Å². The molecule has 6 heteroatoms. The molecule has 0 bridgehead atoms. The Morgan fingerprint density at radius 3 is 2.22 bits per heavy atom. The average molecular weight is 561 g/mol. The predicted molar refractivity (Wildman–Crippen MR) is 162 cm³/mol. The molecule has 6 rings (SSSR count). The number of rotatable bonds is 8. The third kappa shape index (κ3) is 5.61. The maximum absolute atomic E-state index is 14.5. The van der Waals surface area contributed by atoms with Crippen LogP contribution >= 0.6 is 11.3 Å². The molecule has 1 atom stereocenters. The third-order valence-corrected chi connectivity index (χ3v) is 8.84. The van der Waals surface area contributed by atoms with Gasteiger partial charge in [-0.25, -0.2) is 0 Å². The molecule has 1 unspecified atom stereocenters. The van der Waals surface area contributed by atoms with E-state index < -0.39 is 5.92 Å². The summed E-state index contributed by atoms with van der Waals surface area (Å²) >= 11 is 1.75. The summed E-state index contributed by atoms with van der Waals surface area (Å²) in [7, 11) is 0. The SMILES string of the molecule is Cc1ccccc1C1c2ccsc2CCN1C(=O)CN(Cc1ccco1)C(=O)C(c1ccccc1)c1ccccc1. The van der Waals surface area contributed by atoms with Crippen molar-refractivity contribution < 1.29 is 14.0 Å². The average Bonchev–Trinajstić information content (AvgIpc) is 3.70. The van der Waals surface area contributed by atoms with Gasteiger partial charge in [0.05, 0.1) is 24.8 Å². The molecule has 3 aromatic carbocycles. The lowest BCUT2D eigenvalue weighted by molar-refractivity contribution is -0.142. The van der Waals surface area contributed by atoms with Gasteiger partial charge >= 0.3 is 0 Å². The summed E-state index contributed by atoms with van der Waals surface area (Å²) in [6.07, 6.45) is 2.41. The predicted octanol–water partition coefficient (Wildman–Crippen LogP) is 6.98. The highest BCUT2D eigenvalue weighted by molar-refractivity contribution is 7.10. The van der Waals surface area contributed by atoms with Gasteiger partial charge in [-0.1, -0.05) is 84.9 Å². The fourth-order valence-electron chi connectivity index (χ4n) is 5.82. The Bertz CT molecular complexity index is 1570. The van der Waals surface area contributed by atoms with E-state index in [0.29, 0.717) is 12.3 Å². The van der Waals surface area contributed by atoms with E-state index in [-0.39, 0.29) is 30.9 Å². The quantitative estimate of drug-likeness (QED) is 0.206. The Labute approximate surface area is 244 Å². The summed E-state index contributed by atoms with van der Waals surface area (Å²) in [4.78, 5) is 33.7. The van der Waals surface area contributed by atoms with Crippen molar-refractivity contribution in [2.45, 2.75) is 31.8 Å². The van der Waals surface area contributed by atoms with Crippen molar-refractivity contribution in [1.29, 1.82) is 0 Å². The van der Waals surface area contributed by atoms with Gasteiger partial charge in [0.2, 0.25) is 11.8 Å². The zero-order chi connectivity index (χ0) is 28.2. The second-order valence-electron chi connectivity index (χ2n) is 10.4. The third-order valence-electron chi connectivity index (χ3n) is 7.85. The first-order valence-corrected chi connectivity index (χ1v) is 14.8. The molecule has 206 valence electrons. The van der Waals surface area contributed by atoms with Gasteiger partial charge in [0.1, 0.15) is 12.3 Å². The number of hydrogen-bond donors (Lipinski definition) is 0. The maximum atomic E-state index is 14.5. The van der Waals surface area contributed by atoms with Crippen molar-refractivity contribution in [2.75, 3.05) is 13.1 Å². The lowest BCUT2D eigenvalue weighted by atomic mass is 9.89. The van der Waals surface area contributed by atoms with E-state index in [0.717, 1.165) is 28.7 Å². The Morgan fingerprint density at radius 2 is 1.56 bits per heavy atom. The second kappa shape index (κ2) is 12.0.